The Morgan fingerprint density at radius 3 is 2.88 bits per heavy atom. The summed E-state index contributed by atoms with van der Waals surface area (Å²) in [4.78, 5) is 38.2. The second kappa shape index (κ2) is 6.90. The zero-order valence-corrected chi connectivity index (χ0v) is 16.0. The monoisotopic (exact) mass is 432 g/mol. The fourth-order valence-corrected chi connectivity index (χ4v) is 3.79. The van der Waals surface area contributed by atoms with E-state index in [0.29, 0.717) is 16.1 Å². The zero-order valence-electron chi connectivity index (χ0n) is 13.6. The third-order valence-electron chi connectivity index (χ3n) is 4.02. The molecule has 1 fully saturated rings. The van der Waals surface area contributed by atoms with Crippen LogP contribution in [0, 0.1) is 11.3 Å². The molecule has 1 atom stereocenters. The maximum Gasteiger partial charge on any atom is 0.325 e. The minimum absolute atomic E-state index is 0.333. The first-order chi connectivity index (χ1) is 12.3. The summed E-state index contributed by atoms with van der Waals surface area (Å²) in [5.41, 5.74) is -0.306. The largest absolute Gasteiger partial charge is 0.325 e. The number of anilines is 1. The minimum atomic E-state index is -1.25. The van der Waals surface area contributed by atoms with Crippen LogP contribution >= 0.6 is 27.3 Å². The van der Waals surface area contributed by atoms with Crippen LogP contribution in [-0.4, -0.2) is 29.3 Å². The molecule has 1 saturated heterocycles. The van der Waals surface area contributed by atoms with Gasteiger partial charge in [0.1, 0.15) is 23.2 Å². The Balaban J connectivity index is 1.77. The van der Waals surface area contributed by atoms with E-state index in [-0.39, 0.29) is 0 Å². The average Bonchev–Trinajstić information content (AvgIpc) is 3.13. The molecule has 0 radical (unpaired) electrons. The van der Waals surface area contributed by atoms with Gasteiger partial charge in [0.25, 0.3) is 5.91 Å². The molecule has 2 aromatic rings. The Kier molecular flexibility index (Phi) is 4.80. The van der Waals surface area contributed by atoms with Gasteiger partial charge in [-0.15, -0.1) is 11.3 Å². The molecule has 3 rings (SSSR count). The molecule has 9 heteroatoms. The first kappa shape index (κ1) is 18.1. The van der Waals surface area contributed by atoms with Crippen molar-refractivity contribution in [3.63, 3.8) is 0 Å². The lowest BCUT2D eigenvalue weighted by atomic mass is 9.92. The molecule has 0 saturated carbocycles. The van der Waals surface area contributed by atoms with E-state index in [9.17, 15) is 14.4 Å². The van der Waals surface area contributed by atoms with Crippen LogP contribution in [0.5, 0.6) is 0 Å². The van der Waals surface area contributed by atoms with E-state index in [0.717, 1.165) is 9.37 Å². The number of nitriles is 1. The number of hydrogen-bond acceptors (Lipinski definition) is 5. The van der Waals surface area contributed by atoms with Gasteiger partial charge in [0, 0.05) is 4.47 Å². The molecule has 0 spiro atoms. The van der Waals surface area contributed by atoms with E-state index in [1.54, 1.807) is 36.6 Å². The Hall–Kier alpha value is -2.70. The first-order valence-corrected chi connectivity index (χ1v) is 9.20. The van der Waals surface area contributed by atoms with Crippen molar-refractivity contribution in [3.05, 3.63) is 51.3 Å². The highest BCUT2D eigenvalue weighted by Gasteiger charge is 2.49. The Morgan fingerprint density at radius 1 is 1.42 bits per heavy atom. The molecular weight excluding hydrogens is 420 g/mol. The van der Waals surface area contributed by atoms with E-state index < -0.39 is 29.9 Å². The van der Waals surface area contributed by atoms with Crippen LogP contribution in [0.15, 0.2) is 40.2 Å². The third kappa shape index (κ3) is 3.21. The molecule has 1 aliphatic heterocycles. The van der Waals surface area contributed by atoms with Crippen LogP contribution in [0.2, 0.25) is 0 Å². The van der Waals surface area contributed by atoms with Crippen molar-refractivity contribution in [2.24, 2.45) is 0 Å². The van der Waals surface area contributed by atoms with Gasteiger partial charge in [-0.3, -0.25) is 14.5 Å². The predicted molar refractivity (Wildman–Crippen MR) is 99.4 cm³/mol. The fourth-order valence-electron chi connectivity index (χ4n) is 2.64. The number of thiophene rings is 1. The van der Waals surface area contributed by atoms with Crippen LogP contribution in [0.1, 0.15) is 18.1 Å². The molecule has 4 amide bonds. The van der Waals surface area contributed by atoms with Crippen molar-refractivity contribution in [3.8, 4) is 6.07 Å². The van der Waals surface area contributed by atoms with Crippen molar-refractivity contribution in [2.45, 2.75) is 12.5 Å². The molecule has 2 heterocycles. The molecule has 26 heavy (non-hydrogen) atoms. The summed E-state index contributed by atoms with van der Waals surface area (Å²) >= 11 is 4.54. The molecule has 0 bridgehead atoms. The zero-order chi connectivity index (χ0) is 18.9. The van der Waals surface area contributed by atoms with Crippen molar-refractivity contribution in [1.82, 2.24) is 10.2 Å². The highest BCUT2D eigenvalue weighted by molar-refractivity contribution is 9.10. The average molecular weight is 433 g/mol. The first-order valence-electron chi connectivity index (χ1n) is 7.53. The Morgan fingerprint density at radius 2 is 2.19 bits per heavy atom. The lowest BCUT2D eigenvalue weighted by molar-refractivity contribution is -0.133. The summed E-state index contributed by atoms with van der Waals surface area (Å²) < 4.78 is 0.774. The SMILES string of the molecule is CC1(c2cccc(Br)c2)NC(=O)N(CC(=O)Nc2sccc2C#N)C1=O. The van der Waals surface area contributed by atoms with E-state index in [4.69, 9.17) is 5.26 Å². The smallest absolute Gasteiger partial charge is 0.319 e. The molecule has 1 aliphatic rings. The molecule has 1 unspecified atom stereocenters. The van der Waals surface area contributed by atoms with Gasteiger partial charge < -0.3 is 10.6 Å². The number of urea groups is 1. The summed E-state index contributed by atoms with van der Waals surface area (Å²) in [6.07, 6.45) is 0. The maximum atomic E-state index is 12.8. The number of imide groups is 1. The van der Waals surface area contributed by atoms with Crippen LogP contribution in [0.25, 0.3) is 0 Å². The summed E-state index contributed by atoms with van der Waals surface area (Å²) in [5, 5.41) is 16.2. The van der Waals surface area contributed by atoms with Crippen molar-refractivity contribution < 1.29 is 14.4 Å². The van der Waals surface area contributed by atoms with E-state index in [1.165, 1.54) is 11.3 Å². The highest BCUT2D eigenvalue weighted by atomic mass is 79.9. The van der Waals surface area contributed by atoms with Gasteiger partial charge in [0.15, 0.2) is 0 Å². The summed E-state index contributed by atoms with van der Waals surface area (Å²) in [7, 11) is 0. The van der Waals surface area contributed by atoms with Gasteiger partial charge in [-0.25, -0.2) is 4.79 Å². The molecule has 0 aliphatic carbocycles. The lowest BCUT2D eigenvalue weighted by Crippen LogP contribution is -2.42. The lowest BCUT2D eigenvalue weighted by Gasteiger charge is -2.22. The van der Waals surface area contributed by atoms with E-state index in [2.05, 4.69) is 26.6 Å². The van der Waals surface area contributed by atoms with Gasteiger partial charge in [-0.2, -0.15) is 5.26 Å². The van der Waals surface area contributed by atoms with Crippen molar-refractivity contribution >= 4 is 50.1 Å². The van der Waals surface area contributed by atoms with Gasteiger partial charge in [-0.1, -0.05) is 28.1 Å². The fraction of sp³-hybridized carbons (Fsp3) is 0.176. The molecule has 132 valence electrons. The van der Waals surface area contributed by atoms with Gasteiger partial charge in [0.05, 0.1) is 5.56 Å². The number of nitrogens with one attached hydrogen (secondary N) is 2. The van der Waals surface area contributed by atoms with Crippen LogP contribution < -0.4 is 10.6 Å². The van der Waals surface area contributed by atoms with Crippen molar-refractivity contribution in [1.29, 1.82) is 5.26 Å². The number of carbonyl (C=O) groups is 3. The molecule has 7 nitrogen and oxygen atoms in total. The summed E-state index contributed by atoms with van der Waals surface area (Å²) in [5.74, 6) is -1.06. The maximum absolute atomic E-state index is 12.8. The third-order valence-corrected chi connectivity index (χ3v) is 5.34. The molecule has 1 aromatic heterocycles. The number of halogens is 1. The summed E-state index contributed by atoms with van der Waals surface area (Å²) in [6.45, 7) is 1.16. The van der Waals surface area contributed by atoms with Gasteiger partial charge in [-0.05, 0) is 36.1 Å². The Labute approximate surface area is 161 Å². The normalized spacial score (nSPS) is 19.2. The number of carbonyl (C=O) groups excluding carboxylic acids is 3. The van der Waals surface area contributed by atoms with Crippen molar-refractivity contribution in [2.75, 3.05) is 11.9 Å². The highest BCUT2D eigenvalue weighted by Crippen LogP contribution is 2.30. The van der Waals surface area contributed by atoms with Gasteiger partial charge >= 0.3 is 6.03 Å². The molecule has 1 aromatic carbocycles. The van der Waals surface area contributed by atoms with Crippen LogP contribution in [0.3, 0.4) is 0 Å². The quantitative estimate of drug-likeness (QED) is 0.724. The number of hydrogen-bond donors (Lipinski definition) is 2. The van der Waals surface area contributed by atoms with Crippen LogP contribution in [0.4, 0.5) is 9.80 Å². The van der Waals surface area contributed by atoms with Gasteiger partial charge in [0.2, 0.25) is 5.91 Å². The number of rotatable bonds is 4. The van der Waals surface area contributed by atoms with Crippen LogP contribution in [-0.2, 0) is 15.1 Å². The number of benzene rings is 1. The summed E-state index contributed by atoms with van der Waals surface area (Å²) in [6, 6.07) is 9.96. The second-order valence-electron chi connectivity index (χ2n) is 5.78. The predicted octanol–water partition coefficient (Wildman–Crippen LogP) is 2.79. The standard InChI is InChI=1S/C17H13BrN4O3S/c1-17(11-3-2-4-12(18)7-11)15(24)22(16(25)21-17)9-13(23)20-14-10(8-19)5-6-26-14/h2-7H,9H2,1H3,(H,20,23)(H,21,25). The second-order valence-corrected chi connectivity index (χ2v) is 7.61. The topological polar surface area (TPSA) is 102 Å². The number of amides is 4. The molecular formula is C17H13BrN4O3S. The molecule has 2 N–H and O–H groups in total. The number of nitrogens with zero attached hydrogens (tertiary/aromatic N) is 2. The minimum Gasteiger partial charge on any atom is -0.319 e. The van der Waals surface area contributed by atoms with E-state index in [1.807, 2.05) is 12.1 Å². The van der Waals surface area contributed by atoms with E-state index >= 15 is 0 Å². The Bertz CT molecular complexity index is 951.